The lowest BCUT2D eigenvalue weighted by Gasteiger charge is -2.15. The Morgan fingerprint density at radius 3 is 2.23 bits per heavy atom. The molecule has 0 saturated heterocycles. The molecule has 0 saturated carbocycles. The van der Waals surface area contributed by atoms with Crippen molar-refractivity contribution in [3.63, 3.8) is 0 Å². The highest BCUT2D eigenvalue weighted by Gasteiger charge is 2.31. The zero-order valence-corrected chi connectivity index (χ0v) is 24.8. The van der Waals surface area contributed by atoms with E-state index in [1.54, 1.807) is 18.2 Å². The summed E-state index contributed by atoms with van der Waals surface area (Å²) in [7, 11) is -3.89. The number of benzene rings is 3. The second-order valence-electron chi connectivity index (χ2n) is 10.1. The Balaban J connectivity index is 1.75. The Kier molecular flexibility index (Phi) is 8.12. The molecule has 0 bridgehead atoms. The van der Waals surface area contributed by atoms with E-state index in [1.165, 1.54) is 30.3 Å². The fourth-order valence-corrected chi connectivity index (χ4v) is 5.89. The summed E-state index contributed by atoms with van der Waals surface area (Å²) in [6.07, 6.45) is -1.69. The molecule has 0 unspecified atom stereocenters. The molecule has 230 valence electrons. The van der Waals surface area contributed by atoms with Crippen LogP contribution < -0.4 is 4.74 Å². The molecule has 0 aliphatic carbocycles. The van der Waals surface area contributed by atoms with E-state index in [1.807, 2.05) is 31.5 Å². The molecule has 0 fully saturated rings. The number of aliphatic hydroxyl groups is 1. The first-order valence-electron chi connectivity index (χ1n) is 13.4. The molecule has 2 heterocycles. The lowest BCUT2D eigenvalue weighted by molar-refractivity contribution is -0.274. The maximum Gasteiger partial charge on any atom is 0.573 e. The van der Waals surface area contributed by atoms with Crippen LogP contribution in [0, 0.1) is 19.7 Å². The Morgan fingerprint density at radius 2 is 1.66 bits per heavy atom. The summed E-state index contributed by atoms with van der Waals surface area (Å²) in [5.74, 6) is 0.00252. The fraction of sp³-hybridized carbons (Fsp3) is 0.226. The van der Waals surface area contributed by atoms with E-state index in [4.69, 9.17) is 9.40 Å². The summed E-state index contributed by atoms with van der Waals surface area (Å²) in [6.45, 7) is 4.68. The third kappa shape index (κ3) is 6.24. The molecular weight excluding hydrogens is 602 g/mol. The van der Waals surface area contributed by atoms with Crippen molar-refractivity contribution < 1.29 is 40.2 Å². The van der Waals surface area contributed by atoms with Crippen LogP contribution in [0.15, 0.2) is 70.1 Å². The van der Waals surface area contributed by atoms with Crippen molar-refractivity contribution in [1.29, 1.82) is 0 Å². The van der Waals surface area contributed by atoms with Crippen LogP contribution in [0.5, 0.6) is 5.75 Å². The Labute approximate surface area is 250 Å². The molecule has 5 aromatic rings. The SMILES string of the molecule is CCc1nc(-c2cc(-c3cc(F)c(CO)c(S(C)(=O)=O)c3)ccc2-n2cc(C)nc2C)c(-c2ccc(OC(F)(F)F)cc2)o1. The second kappa shape index (κ2) is 11.5. The van der Waals surface area contributed by atoms with Gasteiger partial charge in [-0.3, -0.25) is 0 Å². The van der Waals surface area contributed by atoms with Crippen molar-refractivity contribution in [3.8, 4) is 45.1 Å². The van der Waals surface area contributed by atoms with Crippen molar-refractivity contribution in [2.75, 3.05) is 6.26 Å². The van der Waals surface area contributed by atoms with Crippen LogP contribution in [0.4, 0.5) is 17.6 Å². The standard InChI is InChI=1S/C31H27F4N3O5S/c1-5-28-37-29(30(42-28)19-6-9-22(10-7-19)43-31(33,34)35)23-12-20(8-11-26(23)38-15-17(2)36-18(38)3)21-13-25(32)24(16-39)27(14-21)44(4,40)41/h6-15,39H,5,16H2,1-4H3. The molecule has 0 atom stereocenters. The Hall–Kier alpha value is -4.49. The van der Waals surface area contributed by atoms with Crippen molar-refractivity contribution in [3.05, 3.63) is 89.6 Å². The minimum absolute atomic E-state index is 0.237. The van der Waals surface area contributed by atoms with Crippen LogP contribution >= 0.6 is 0 Å². The summed E-state index contributed by atoms with van der Waals surface area (Å²) in [6, 6.07) is 12.8. The van der Waals surface area contributed by atoms with Crippen LogP contribution in [-0.2, 0) is 22.9 Å². The van der Waals surface area contributed by atoms with Gasteiger partial charge in [-0.1, -0.05) is 13.0 Å². The fourth-order valence-electron chi connectivity index (χ4n) is 4.94. The summed E-state index contributed by atoms with van der Waals surface area (Å²) in [4.78, 5) is 8.85. The third-order valence-electron chi connectivity index (χ3n) is 6.88. The number of alkyl halides is 3. The van der Waals surface area contributed by atoms with Gasteiger partial charge in [0.1, 0.15) is 23.1 Å². The smallest absolute Gasteiger partial charge is 0.440 e. The van der Waals surface area contributed by atoms with Crippen LogP contribution in [0.25, 0.3) is 39.4 Å². The first kappa shape index (κ1) is 31.0. The van der Waals surface area contributed by atoms with E-state index in [-0.39, 0.29) is 21.8 Å². The maximum absolute atomic E-state index is 15.1. The van der Waals surface area contributed by atoms with Gasteiger partial charge in [-0.05, 0) is 73.5 Å². The zero-order chi connectivity index (χ0) is 32.0. The molecule has 0 aliphatic rings. The van der Waals surface area contributed by atoms with Crippen LogP contribution in [0.2, 0.25) is 0 Å². The lowest BCUT2D eigenvalue weighted by Crippen LogP contribution is -2.16. The number of ether oxygens (including phenoxy) is 1. The number of imidazole rings is 1. The molecule has 2 aromatic heterocycles. The summed E-state index contributed by atoms with van der Waals surface area (Å²) in [5, 5.41) is 9.65. The van der Waals surface area contributed by atoms with E-state index in [9.17, 15) is 26.7 Å². The number of aryl methyl sites for hydroxylation is 3. The van der Waals surface area contributed by atoms with E-state index in [0.29, 0.717) is 46.2 Å². The topological polar surface area (TPSA) is 107 Å². The van der Waals surface area contributed by atoms with Crippen molar-refractivity contribution >= 4 is 9.84 Å². The van der Waals surface area contributed by atoms with E-state index >= 15 is 4.39 Å². The van der Waals surface area contributed by atoms with Crippen molar-refractivity contribution in [2.24, 2.45) is 0 Å². The number of aliphatic hydroxyl groups excluding tert-OH is 1. The van der Waals surface area contributed by atoms with Gasteiger partial charge < -0.3 is 18.8 Å². The number of aromatic nitrogens is 3. The average Bonchev–Trinajstić information content (AvgIpc) is 3.53. The normalized spacial score (nSPS) is 12.1. The van der Waals surface area contributed by atoms with Gasteiger partial charge in [-0.15, -0.1) is 13.2 Å². The molecule has 0 aliphatic heterocycles. The number of hydrogen-bond acceptors (Lipinski definition) is 7. The minimum Gasteiger partial charge on any atom is -0.440 e. The third-order valence-corrected chi connectivity index (χ3v) is 8.05. The summed E-state index contributed by atoms with van der Waals surface area (Å²) >= 11 is 0. The molecule has 3 aromatic carbocycles. The van der Waals surface area contributed by atoms with Gasteiger partial charge in [-0.25, -0.2) is 22.8 Å². The number of rotatable bonds is 8. The van der Waals surface area contributed by atoms with Gasteiger partial charge in [0.05, 0.1) is 22.9 Å². The number of sulfone groups is 1. The monoisotopic (exact) mass is 629 g/mol. The first-order valence-corrected chi connectivity index (χ1v) is 15.2. The largest absolute Gasteiger partial charge is 0.573 e. The highest BCUT2D eigenvalue weighted by atomic mass is 32.2. The Morgan fingerprint density at radius 1 is 0.977 bits per heavy atom. The highest BCUT2D eigenvalue weighted by Crippen LogP contribution is 2.40. The van der Waals surface area contributed by atoms with Crippen LogP contribution in [0.3, 0.4) is 0 Å². The number of halogens is 4. The van der Waals surface area contributed by atoms with Gasteiger partial charge in [0, 0.05) is 35.6 Å². The van der Waals surface area contributed by atoms with Gasteiger partial charge >= 0.3 is 6.36 Å². The van der Waals surface area contributed by atoms with Crippen LogP contribution in [-0.4, -0.2) is 40.7 Å². The van der Waals surface area contributed by atoms with Gasteiger partial charge in [-0.2, -0.15) is 0 Å². The molecule has 1 N–H and O–H groups in total. The quantitative estimate of drug-likeness (QED) is 0.185. The molecule has 0 spiro atoms. The average molecular weight is 630 g/mol. The summed E-state index contributed by atoms with van der Waals surface area (Å²) in [5.41, 5.74) is 2.99. The molecule has 8 nitrogen and oxygen atoms in total. The van der Waals surface area contributed by atoms with E-state index in [0.717, 1.165) is 18.0 Å². The zero-order valence-electron chi connectivity index (χ0n) is 24.0. The van der Waals surface area contributed by atoms with Crippen molar-refractivity contribution in [2.45, 2.75) is 45.1 Å². The number of hydrogen-bond donors (Lipinski definition) is 1. The minimum atomic E-state index is -4.85. The first-order chi connectivity index (χ1) is 20.7. The van der Waals surface area contributed by atoms with Crippen molar-refractivity contribution in [1.82, 2.24) is 14.5 Å². The number of oxazole rings is 1. The highest BCUT2D eigenvalue weighted by molar-refractivity contribution is 7.90. The number of nitrogens with zero attached hydrogens (tertiary/aromatic N) is 3. The lowest BCUT2D eigenvalue weighted by atomic mass is 9.97. The van der Waals surface area contributed by atoms with Crippen LogP contribution in [0.1, 0.15) is 29.9 Å². The molecule has 13 heteroatoms. The van der Waals surface area contributed by atoms with Gasteiger partial charge in [0.15, 0.2) is 21.5 Å². The molecule has 5 rings (SSSR count). The predicted octanol–water partition coefficient (Wildman–Crippen LogP) is 6.97. The predicted molar refractivity (Wildman–Crippen MR) is 154 cm³/mol. The summed E-state index contributed by atoms with van der Waals surface area (Å²) < 4.78 is 90.2. The molecule has 0 radical (unpaired) electrons. The molecule has 44 heavy (non-hydrogen) atoms. The molecule has 0 amide bonds. The van der Waals surface area contributed by atoms with Gasteiger partial charge in [0.25, 0.3) is 0 Å². The van der Waals surface area contributed by atoms with Gasteiger partial charge in [0.2, 0.25) is 0 Å². The van der Waals surface area contributed by atoms with E-state index < -0.39 is 34.4 Å². The van der Waals surface area contributed by atoms with E-state index in [2.05, 4.69) is 9.72 Å². The Bertz CT molecular complexity index is 1960. The second-order valence-corrected chi connectivity index (χ2v) is 12.1. The maximum atomic E-state index is 15.1. The molecular formula is C31H27F4N3O5S.